The molecule has 5 nitrogen and oxygen atoms in total. The lowest BCUT2D eigenvalue weighted by atomic mass is 10.2. The van der Waals surface area contributed by atoms with Crippen LogP contribution in [0, 0.1) is 0 Å². The highest BCUT2D eigenvalue weighted by Gasteiger charge is 2.11. The molecule has 1 atom stereocenters. The summed E-state index contributed by atoms with van der Waals surface area (Å²) in [6.07, 6.45) is 0.882. The Morgan fingerprint density at radius 1 is 1.29 bits per heavy atom. The zero-order chi connectivity index (χ0) is 13.1. The first-order chi connectivity index (χ1) is 7.86. The molecular weight excluding hydrogens is 238 g/mol. The topological polar surface area (TPSA) is 89.4 Å². The van der Waals surface area contributed by atoms with Gasteiger partial charge in [0, 0.05) is 18.8 Å². The molecule has 0 saturated carbocycles. The molecule has 1 rings (SSSR count). The van der Waals surface area contributed by atoms with Gasteiger partial charge in [0.1, 0.15) is 0 Å². The van der Waals surface area contributed by atoms with Gasteiger partial charge in [0.15, 0.2) is 0 Å². The van der Waals surface area contributed by atoms with Gasteiger partial charge in [0.05, 0.1) is 4.90 Å². The minimum absolute atomic E-state index is 0.126. The molecule has 17 heavy (non-hydrogen) atoms. The van der Waals surface area contributed by atoms with E-state index in [1.807, 2.05) is 7.05 Å². The predicted octanol–water partition coefficient (Wildman–Crippen LogP) is 0.507. The third kappa shape index (κ3) is 3.69. The molecule has 0 radical (unpaired) electrons. The lowest BCUT2D eigenvalue weighted by Gasteiger charge is -2.26. The first-order valence-electron chi connectivity index (χ1n) is 5.42. The van der Waals surface area contributed by atoms with Crippen LogP contribution in [0.4, 0.5) is 5.69 Å². The summed E-state index contributed by atoms with van der Waals surface area (Å²) in [6, 6.07) is 6.81. The van der Waals surface area contributed by atoms with Crippen LogP contribution in [0.5, 0.6) is 0 Å². The van der Waals surface area contributed by atoms with E-state index in [0.29, 0.717) is 12.6 Å². The summed E-state index contributed by atoms with van der Waals surface area (Å²) in [6.45, 7) is 2.70. The number of anilines is 1. The maximum atomic E-state index is 11.1. The van der Waals surface area contributed by atoms with Crippen LogP contribution in [0.3, 0.4) is 0 Å². The SMILES string of the molecule is CC(CCN)N(C)c1ccc(S(N)(=O)=O)cc1. The van der Waals surface area contributed by atoms with Gasteiger partial charge in [-0.3, -0.25) is 0 Å². The molecule has 4 N–H and O–H groups in total. The fourth-order valence-electron chi connectivity index (χ4n) is 1.56. The zero-order valence-electron chi connectivity index (χ0n) is 10.1. The summed E-state index contributed by atoms with van der Waals surface area (Å²) in [7, 11) is -1.66. The van der Waals surface area contributed by atoms with Crippen LogP contribution in [0.15, 0.2) is 29.2 Å². The highest BCUT2D eigenvalue weighted by atomic mass is 32.2. The number of nitrogens with zero attached hydrogens (tertiary/aromatic N) is 1. The molecule has 1 aromatic rings. The summed E-state index contributed by atoms with van der Waals surface area (Å²) in [5.41, 5.74) is 6.45. The molecule has 0 bridgehead atoms. The zero-order valence-corrected chi connectivity index (χ0v) is 10.9. The third-order valence-electron chi connectivity index (χ3n) is 2.82. The Labute approximate surface area is 102 Å². The summed E-state index contributed by atoms with van der Waals surface area (Å²) in [5.74, 6) is 0. The van der Waals surface area contributed by atoms with Crippen molar-refractivity contribution in [3.8, 4) is 0 Å². The molecule has 0 aliphatic rings. The first-order valence-corrected chi connectivity index (χ1v) is 6.96. The summed E-state index contributed by atoms with van der Waals surface area (Å²) in [4.78, 5) is 2.18. The Morgan fingerprint density at radius 2 is 1.82 bits per heavy atom. The molecule has 0 aromatic heterocycles. The number of rotatable bonds is 5. The van der Waals surface area contributed by atoms with Gasteiger partial charge in [-0.15, -0.1) is 0 Å². The summed E-state index contributed by atoms with van der Waals surface area (Å²) >= 11 is 0. The van der Waals surface area contributed by atoms with E-state index in [0.717, 1.165) is 12.1 Å². The lowest BCUT2D eigenvalue weighted by molar-refractivity contribution is 0.597. The lowest BCUT2D eigenvalue weighted by Crippen LogP contribution is -2.30. The fourth-order valence-corrected chi connectivity index (χ4v) is 2.08. The molecule has 6 heteroatoms. The third-order valence-corrected chi connectivity index (χ3v) is 3.75. The number of sulfonamides is 1. The maximum Gasteiger partial charge on any atom is 0.238 e. The van der Waals surface area contributed by atoms with Crippen LogP contribution in [0.1, 0.15) is 13.3 Å². The van der Waals surface area contributed by atoms with Gasteiger partial charge in [0.2, 0.25) is 10.0 Å². The molecule has 1 unspecified atom stereocenters. The van der Waals surface area contributed by atoms with Crippen molar-refractivity contribution in [2.24, 2.45) is 10.9 Å². The number of hydrogen-bond acceptors (Lipinski definition) is 4. The number of nitrogens with two attached hydrogens (primary N) is 2. The highest BCUT2D eigenvalue weighted by Crippen LogP contribution is 2.18. The normalized spacial score (nSPS) is 13.4. The van der Waals surface area contributed by atoms with Crippen molar-refractivity contribution >= 4 is 15.7 Å². The molecule has 0 aliphatic heterocycles. The van der Waals surface area contributed by atoms with Crippen molar-refractivity contribution in [1.82, 2.24) is 0 Å². The van der Waals surface area contributed by atoms with Crippen molar-refractivity contribution in [2.75, 3.05) is 18.5 Å². The Kier molecular flexibility index (Phi) is 4.50. The van der Waals surface area contributed by atoms with Gasteiger partial charge in [-0.25, -0.2) is 13.6 Å². The number of hydrogen-bond donors (Lipinski definition) is 2. The second-order valence-electron chi connectivity index (χ2n) is 4.08. The Balaban J connectivity index is 2.88. The Hall–Kier alpha value is -1.11. The van der Waals surface area contributed by atoms with E-state index in [2.05, 4.69) is 11.8 Å². The van der Waals surface area contributed by atoms with Gasteiger partial charge in [-0.05, 0) is 44.2 Å². The van der Waals surface area contributed by atoms with E-state index in [9.17, 15) is 8.42 Å². The summed E-state index contributed by atoms with van der Waals surface area (Å²) in [5, 5.41) is 5.03. The van der Waals surface area contributed by atoms with Gasteiger partial charge in [-0.1, -0.05) is 0 Å². The van der Waals surface area contributed by atoms with Crippen molar-refractivity contribution in [1.29, 1.82) is 0 Å². The molecule has 0 saturated heterocycles. The average molecular weight is 257 g/mol. The average Bonchev–Trinajstić information content (AvgIpc) is 2.27. The standard InChI is InChI=1S/C11H19N3O2S/c1-9(7-8-12)14(2)10-3-5-11(6-4-10)17(13,15)16/h3-6,9H,7-8,12H2,1-2H3,(H2,13,15,16). The van der Waals surface area contributed by atoms with E-state index in [1.54, 1.807) is 12.1 Å². The van der Waals surface area contributed by atoms with Crippen LogP contribution >= 0.6 is 0 Å². The quantitative estimate of drug-likeness (QED) is 0.804. The molecule has 0 heterocycles. The maximum absolute atomic E-state index is 11.1. The van der Waals surface area contributed by atoms with Crippen LogP contribution in [-0.4, -0.2) is 28.1 Å². The highest BCUT2D eigenvalue weighted by molar-refractivity contribution is 7.89. The van der Waals surface area contributed by atoms with Crippen LogP contribution in [0.2, 0.25) is 0 Å². The number of benzene rings is 1. The van der Waals surface area contributed by atoms with Crippen molar-refractivity contribution < 1.29 is 8.42 Å². The van der Waals surface area contributed by atoms with Gasteiger partial charge >= 0.3 is 0 Å². The smallest absolute Gasteiger partial charge is 0.238 e. The molecule has 1 aromatic carbocycles. The van der Waals surface area contributed by atoms with E-state index in [1.165, 1.54) is 12.1 Å². The molecule has 0 spiro atoms. The van der Waals surface area contributed by atoms with E-state index >= 15 is 0 Å². The second-order valence-corrected chi connectivity index (χ2v) is 5.64. The monoisotopic (exact) mass is 257 g/mol. The fraction of sp³-hybridized carbons (Fsp3) is 0.455. The van der Waals surface area contributed by atoms with Gasteiger partial charge in [-0.2, -0.15) is 0 Å². The van der Waals surface area contributed by atoms with Crippen molar-refractivity contribution in [3.63, 3.8) is 0 Å². The van der Waals surface area contributed by atoms with E-state index in [4.69, 9.17) is 10.9 Å². The first kappa shape index (κ1) is 14.0. The van der Waals surface area contributed by atoms with E-state index in [-0.39, 0.29) is 4.90 Å². The summed E-state index contributed by atoms with van der Waals surface area (Å²) < 4.78 is 22.2. The van der Waals surface area contributed by atoms with Crippen molar-refractivity contribution in [2.45, 2.75) is 24.3 Å². The van der Waals surface area contributed by atoms with Crippen LogP contribution in [-0.2, 0) is 10.0 Å². The largest absolute Gasteiger partial charge is 0.372 e. The predicted molar refractivity (Wildman–Crippen MR) is 69.4 cm³/mol. The van der Waals surface area contributed by atoms with Crippen LogP contribution < -0.4 is 15.8 Å². The van der Waals surface area contributed by atoms with Gasteiger partial charge in [0.25, 0.3) is 0 Å². The molecule has 0 aliphatic carbocycles. The van der Waals surface area contributed by atoms with Crippen molar-refractivity contribution in [3.05, 3.63) is 24.3 Å². The van der Waals surface area contributed by atoms with Gasteiger partial charge < -0.3 is 10.6 Å². The second kappa shape index (κ2) is 5.48. The molecular formula is C11H19N3O2S. The molecule has 0 fully saturated rings. The number of primary sulfonamides is 1. The Morgan fingerprint density at radius 3 is 2.24 bits per heavy atom. The Bertz CT molecular complexity index is 456. The minimum Gasteiger partial charge on any atom is -0.372 e. The van der Waals surface area contributed by atoms with E-state index < -0.39 is 10.0 Å². The molecule has 96 valence electrons. The minimum atomic E-state index is -3.61. The van der Waals surface area contributed by atoms with Crippen LogP contribution in [0.25, 0.3) is 0 Å². The molecule has 0 amide bonds.